The highest BCUT2D eigenvalue weighted by Crippen LogP contribution is 2.24. The summed E-state index contributed by atoms with van der Waals surface area (Å²) in [7, 11) is 0. The third-order valence-corrected chi connectivity index (χ3v) is 2.03. The summed E-state index contributed by atoms with van der Waals surface area (Å²) in [5.74, 6) is 0.579. The lowest BCUT2D eigenvalue weighted by Gasteiger charge is -2.05. The molecule has 70 valence electrons. The molecule has 0 aromatic heterocycles. The van der Waals surface area contributed by atoms with Crippen molar-refractivity contribution in [3.8, 4) is 5.75 Å². The Morgan fingerprint density at radius 2 is 1.79 bits per heavy atom. The number of rotatable bonds is 1. The van der Waals surface area contributed by atoms with Gasteiger partial charge in [0.15, 0.2) is 0 Å². The van der Waals surface area contributed by atoms with Crippen molar-refractivity contribution in [1.29, 1.82) is 0 Å². The second-order valence-corrected chi connectivity index (χ2v) is 3.19. The van der Waals surface area contributed by atoms with Crippen molar-refractivity contribution >= 4 is 28.2 Å². The predicted molar refractivity (Wildman–Crippen MR) is 59.8 cm³/mol. The SMILES string of the molecule is OC(=S)Oc1cccc2ccccc12. The summed E-state index contributed by atoms with van der Waals surface area (Å²) in [5, 5.41) is 10.4. The van der Waals surface area contributed by atoms with Gasteiger partial charge >= 0.3 is 5.24 Å². The summed E-state index contributed by atoms with van der Waals surface area (Å²) >= 11 is 4.47. The van der Waals surface area contributed by atoms with Crippen LogP contribution in [0, 0.1) is 0 Å². The Balaban J connectivity index is 2.59. The third kappa shape index (κ3) is 1.67. The second-order valence-electron chi connectivity index (χ2n) is 2.85. The van der Waals surface area contributed by atoms with Crippen LogP contribution in [-0.2, 0) is 0 Å². The molecule has 2 aromatic carbocycles. The van der Waals surface area contributed by atoms with Crippen LogP contribution in [0.5, 0.6) is 5.75 Å². The molecule has 0 aliphatic heterocycles. The van der Waals surface area contributed by atoms with E-state index in [2.05, 4.69) is 12.2 Å². The molecule has 1 N–H and O–H groups in total. The van der Waals surface area contributed by atoms with Gasteiger partial charge in [-0.2, -0.15) is 0 Å². The van der Waals surface area contributed by atoms with E-state index in [9.17, 15) is 0 Å². The minimum absolute atomic E-state index is 0.457. The summed E-state index contributed by atoms with van der Waals surface area (Å²) in [4.78, 5) is 0. The van der Waals surface area contributed by atoms with Crippen LogP contribution in [-0.4, -0.2) is 10.3 Å². The maximum atomic E-state index is 8.87. The first-order valence-electron chi connectivity index (χ1n) is 4.16. The zero-order valence-electron chi connectivity index (χ0n) is 7.31. The first kappa shape index (κ1) is 8.97. The zero-order valence-corrected chi connectivity index (χ0v) is 8.12. The van der Waals surface area contributed by atoms with Crippen molar-refractivity contribution in [1.82, 2.24) is 0 Å². The Labute approximate surface area is 86.7 Å². The largest absolute Gasteiger partial charge is 0.472 e. The van der Waals surface area contributed by atoms with Gasteiger partial charge in [-0.15, -0.1) is 0 Å². The van der Waals surface area contributed by atoms with Crippen molar-refractivity contribution in [2.24, 2.45) is 0 Å². The molecular formula is C11H8O2S. The summed E-state index contributed by atoms with van der Waals surface area (Å²) in [6.07, 6.45) is 0. The van der Waals surface area contributed by atoms with Gasteiger partial charge in [-0.05, 0) is 11.5 Å². The number of fused-ring (bicyclic) bond motifs is 1. The van der Waals surface area contributed by atoms with Crippen molar-refractivity contribution < 1.29 is 9.84 Å². The van der Waals surface area contributed by atoms with Gasteiger partial charge in [-0.25, -0.2) is 0 Å². The quantitative estimate of drug-likeness (QED) is 0.724. The molecule has 0 bridgehead atoms. The average Bonchev–Trinajstić information content (AvgIpc) is 2.18. The van der Waals surface area contributed by atoms with E-state index in [4.69, 9.17) is 9.84 Å². The highest BCUT2D eigenvalue weighted by molar-refractivity contribution is 7.79. The van der Waals surface area contributed by atoms with Crippen LogP contribution < -0.4 is 4.74 Å². The lowest BCUT2D eigenvalue weighted by molar-refractivity contribution is 0.397. The first-order valence-corrected chi connectivity index (χ1v) is 4.57. The number of hydrogen-bond acceptors (Lipinski definition) is 2. The predicted octanol–water partition coefficient (Wildman–Crippen LogP) is 3.06. The number of thiocarbonyl (C=S) groups is 1. The summed E-state index contributed by atoms with van der Waals surface area (Å²) in [6, 6.07) is 13.4. The molecule has 14 heavy (non-hydrogen) atoms. The molecule has 0 unspecified atom stereocenters. The van der Waals surface area contributed by atoms with Crippen LogP contribution in [0.1, 0.15) is 0 Å². The lowest BCUT2D eigenvalue weighted by atomic mass is 10.1. The number of aliphatic hydroxyl groups is 1. The fourth-order valence-corrected chi connectivity index (χ4v) is 1.47. The standard InChI is InChI=1S/C11H8O2S/c12-11(14)13-10-7-3-5-8-4-1-2-6-9(8)10/h1-7H,(H,12,14). The van der Waals surface area contributed by atoms with Crippen LogP contribution in [0.25, 0.3) is 10.8 Å². The minimum Gasteiger partial charge on any atom is -0.472 e. The van der Waals surface area contributed by atoms with Gasteiger partial charge in [0.1, 0.15) is 5.75 Å². The van der Waals surface area contributed by atoms with Crippen LogP contribution in [0.15, 0.2) is 42.5 Å². The monoisotopic (exact) mass is 204 g/mol. The van der Waals surface area contributed by atoms with E-state index in [1.165, 1.54) is 0 Å². The van der Waals surface area contributed by atoms with Crippen molar-refractivity contribution in [3.05, 3.63) is 42.5 Å². The van der Waals surface area contributed by atoms with Gasteiger partial charge in [-0.3, -0.25) is 0 Å². The molecule has 0 radical (unpaired) electrons. The van der Waals surface area contributed by atoms with Crippen LogP contribution in [0.2, 0.25) is 0 Å². The molecule has 2 nitrogen and oxygen atoms in total. The van der Waals surface area contributed by atoms with Crippen molar-refractivity contribution in [3.63, 3.8) is 0 Å². The molecule has 0 amide bonds. The van der Waals surface area contributed by atoms with Gasteiger partial charge < -0.3 is 9.84 Å². The zero-order chi connectivity index (χ0) is 9.97. The highest BCUT2D eigenvalue weighted by atomic mass is 32.1. The van der Waals surface area contributed by atoms with E-state index >= 15 is 0 Å². The third-order valence-electron chi connectivity index (χ3n) is 1.95. The molecule has 2 aromatic rings. The van der Waals surface area contributed by atoms with Gasteiger partial charge in [0.25, 0.3) is 0 Å². The average molecular weight is 204 g/mol. The Kier molecular flexibility index (Phi) is 2.33. The Morgan fingerprint density at radius 3 is 2.57 bits per heavy atom. The van der Waals surface area contributed by atoms with Gasteiger partial charge in [0.05, 0.1) is 0 Å². The van der Waals surface area contributed by atoms with E-state index in [1.54, 1.807) is 6.07 Å². The van der Waals surface area contributed by atoms with E-state index < -0.39 is 5.24 Å². The van der Waals surface area contributed by atoms with Crippen LogP contribution in [0.4, 0.5) is 0 Å². The Bertz CT molecular complexity index is 474. The molecular weight excluding hydrogens is 196 g/mol. The lowest BCUT2D eigenvalue weighted by Crippen LogP contribution is -2.02. The van der Waals surface area contributed by atoms with Crippen molar-refractivity contribution in [2.45, 2.75) is 0 Å². The van der Waals surface area contributed by atoms with E-state index in [1.807, 2.05) is 36.4 Å². The molecule has 0 saturated heterocycles. The molecule has 0 heterocycles. The molecule has 0 aliphatic carbocycles. The molecule has 0 aliphatic rings. The van der Waals surface area contributed by atoms with E-state index in [-0.39, 0.29) is 0 Å². The molecule has 0 saturated carbocycles. The molecule has 0 atom stereocenters. The topological polar surface area (TPSA) is 29.5 Å². The Hall–Kier alpha value is -1.61. The van der Waals surface area contributed by atoms with E-state index in [0.29, 0.717) is 5.75 Å². The smallest absolute Gasteiger partial charge is 0.355 e. The fraction of sp³-hybridized carbons (Fsp3) is 0. The molecule has 2 rings (SSSR count). The maximum absolute atomic E-state index is 8.87. The maximum Gasteiger partial charge on any atom is 0.355 e. The molecule has 3 heteroatoms. The molecule has 0 spiro atoms. The second kappa shape index (κ2) is 3.64. The fourth-order valence-electron chi connectivity index (χ4n) is 1.38. The number of hydrogen-bond donors (Lipinski definition) is 1. The van der Waals surface area contributed by atoms with Crippen molar-refractivity contribution in [2.75, 3.05) is 0 Å². The normalized spacial score (nSPS) is 10.0. The van der Waals surface area contributed by atoms with E-state index in [0.717, 1.165) is 10.8 Å². The Morgan fingerprint density at radius 1 is 1.07 bits per heavy atom. The van der Waals surface area contributed by atoms with Crippen LogP contribution >= 0.6 is 12.2 Å². The van der Waals surface area contributed by atoms with Gasteiger partial charge in [0, 0.05) is 17.6 Å². The number of ether oxygens (including phenoxy) is 1. The highest BCUT2D eigenvalue weighted by Gasteiger charge is 2.02. The molecule has 0 fully saturated rings. The summed E-state index contributed by atoms with van der Waals surface area (Å²) < 4.78 is 5.01. The van der Waals surface area contributed by atoms with Gasteiger partial charge in [-0.1, -0.05) is 36.4 Å². The first-order chi connectivity index (χ1) is 6.77. The van der Waals surface area contributed by atoms with Crippen LogP contribution in [0.3, 0.4) is 0 Å². The summed E-state index contributed by atoms with van der Waals surface area (Å²) in [5.41, 5.74) is 0. The van der Waals surface area contributed by atoms with Gasteiger partial charge in [0.2, 0.25) is 0 Å². The number of aliphatic hydroxyl groups excluding tert-OH is 1. The summed E-state index contributed by atoms with van der Waals surface area (Å²) in [6.45, 7) is 0. The number of benzene rings is 2. The minimum atomic E-state index is -0.457.